The Hall–Kier alpha value is -3.43. The highest BCUT2D eigenvalue weighted by Gasteiger charge is 2.30. The molecule has 2 aromatic heterocycles. The molecule has 0 spiro atoms. The van der Waals surface area contributed by atoms with Crippen molar-refractivity contribution in [3.05, 3.63) is 82.0 Å². The molecule has 0 aliphatic carbocycles. The van der Waals surface area contributed by atoms with Crippen molar-refractivity contribution in [1.82, 2.24) is 14.6 Å². The summed E-state index contributed by atoms with van der Waals surface area (Å²) in [5, 5.41) is 10.8. The number of carbonyl (C=O) groups excluding carboxylic acids is 1. The van der Waals surface area contributed by atoms with E-state index >= 15 is 0 Å². The molecule has 0 unspecified atom stereocenters. The number of hydrogen-bond acceptors (Lipinski definition) is 4. The molecule has 4 aromatic rings. The number of nitrogens with one attached hydrogen (secondary N) is 2. The summed E-state index contributed by atoms with van der Waals surface area (Å²) in [7, 11) is 0. The third kappa shape index (κ3) is 4.49. The molecule has 174 valence electrons. The van der Waals surface area contributed by atoms with Crippen molar-refractivity contribution in [3.63, 3.8) is 0 Å². The number of anilines is 3. The molecule has 0 saturated carbocycles. The molecule has 3 heterocycles. The monoisotopic (exact) mass is 502 g/mol. The van der Waals surface area contributed by atoms with Crippen LogP contribution >= 0.6 is 23.2 Å². The van der Waals surface area contributed by atoms with E-state index < -0.39 is 17.7 Å². The number of hydrogen-bond donors (Lipinski definition) is 2. The maximum Gasteiger partial charge on any atom is 0.324 e. The number of fused-ring (bicyclic) bond motifs is 1. The Bertz CT molecular complexity index is 1380. The fourth-order valence-electron chi connectivity index (χ4n) is 4.14. The van der Waals surface area contributed by atoms with Gasteiger partial charge in [-0.05, 0) is 61.4 Å². The normalized spacial score (nSPS) is 15.6. The average molecular weight is 503 g/mol. The van der Waals surface area contributed by atoms with E-state index in [2.05, 4.69) is 20.7 Å². The van der Waals surface area contributed by atoms with Gasteiger partial charge in [0.15, 0.2) is 11.5 Å². The first kappa shape index (κ1) is 22.4. The summed E-state index contributed by atoms with van der Waals surface area (Å²) in [5.41, 5.74) is 1.23. The molecule has 7 nitrogen and oxygen atoms in total. The van der Waals surface area contributed by atoms with Crippen LogP contribution in [0.2, 0.25) is 10.0 Å². The molecule has 1 atom stereocenters. The van der Waals surface area contributed by atoms with E-state index in [1.54, 1.807) is 30.3 Å². The lowest BCUT2D eigenvalue weighted by Crippen LogP contribution is -2.25. The molecule has 0 radical (unpaired) electrons. The van der Waals surface area contributed by atoms with Crippen molar-refractivity contribution in [3.8, 4) is 0 Å². The summed E-state index contributed by atoms with van der Waals surface area (Å²) in [6.07, 6.45) is 2.95. The van der Waals surface area contributed by atoms with Gasteiger partial charge in [-0.2, -0.15) is 4.52 Å². The topological polar surface area (TPSA) is 74.6 Å². The van der Waals surface area contributed by atoms with Gasteiger partial charge < -0.3 is 10.2 Å². The lowest BCUT2D eigenvalue weighted by atomic mass is 10.0. The van der Waals surface area contributed by atoms with Crippen molar-refractivity contribution in [2.75, 3.05) is 22.1 Å². The first-order valence-corrected chi connectivity index (χ1v) is 11.2. The zero-order chi connectivity index (χ0) is 23.8. The number of carbonyl (C=O) groups is 1. The molecule has 1 aliphatic rings. The van der Waals surface area contributed by atoms with E-state index in [0.29, 0.717) is 51.5 Å². The Morgan fingerprint density at radius 1 is 1.03 bits per heavy atom. The summed E-state index contributed by atoms with van der Waals surface area (Å²) >= 11 is 12.0. The van der Waals surface area contributed by atoms with Gasteiger partial charge in [0.05, 0.1) is 12.2 Å². The van der Waals surface area contributed by atoms with Gasteiger partial charge in [0.25, 0.3) is 0 Å². The second kappa shape index (κ2) is 9.08. The standard InChI is InChI=1S/C23H18Cl2F2N6O/c24-13-8-14(25)10-16(9-13)29-23(34)30-22-12-28-20-5-6-21(31-33(20)22)32-7-1-2-19(32)17-11-15(26)3-4-18(17)27/h3-6,8-12,19H,1-2,7H2,(H2,29,30,34)/t19-/m1/s1. The predicted molar refractivity (Wildman–Crippen MR) is 128 cm³/mol. The second-order valence-electron chi connectivity index (χ2n) is 7.86. The summed E-state index contributed by atoms with van der Waals surface area (Å²) in [5.74, 6) is -0.0567. The summed E-state index contributed by atoms with van der Waals surface area (Å²) < 4.78 is 29.7. The molecular formula is C23H18Cl2F2N6O. The van der Waals surface area contributed by atoms with Crippen LogP contribution in [0.15, 0.2) is 54.7 Å². The van der Waals surface area contributed by atoms with Crippen LogP contribution in [-0.4, -0.2) is 27.2 Å². The van der Waals surface area contributed by atoms with Gasteiger partial charge in [0.1, 0.15) is 17.5 Å². The minimum absolute atomic E-state index is 0.294. The number of nitrogens with zero attached hydrogens (tertiary/aromatic N) is 4. The molecule has 1 aliphatic heterocycles. The van der Waals surface area contributed by atoms with Gasteiger partial charge in [-0.25, -0.2) is 18.6 Å². The Labute approximate surface area is 203 Å². The van der Waals surface area contributed by atoms with Crippen LogP contribution in [0.4, 0.5) is 30.9 Å². The maximum absolute atomic E-state index is 14.5. The van der Waals surface area contributed by atoms with E-state index in [-0.39, 0.29) is 6.04 Å². The van der Waals surface area contributed by atoms with E-state index in [1.165, 1.54) is 16.8 Å². The fraction of sp³-hybridized carbons (Fsp3) is 0.174. The zero-order valence-corrected chi connectivity index (χ0v) is 19.1. The first-order valence-electron chi connectivity index (χ1n) is 10.5. The molecule has 5 rings (SSSR count). The highest BCUT2D eigenvalue weighted by atomic mass is 35.5. The van der Waals surface area contributed by atoms with Crippen LogP contribution in [0.5, 0.6) is 0 Å². The minimum atomic E-state index is -0.534. The zero-order valence-electron chi connectivity index (χ0n) is 17.6. The third-order valence-corrected chi connectivity index (χ3v) is 6.01. The van der Waals surface area contributed by atoms with Gasteiger partial charge in [0, 0.05) is 27.8 Å². The largest absolute Gasteiger partial charge is 0.348 e. The molecule has 2 aromatic carbocycles. The molecular weight excluding hydrogens is 485 g/mol. The van der Waals surface area contributed by atoms with Crippen molar-refractivity contribution in [2.45, 2.75) is 18.9 Å². The van der Waals surface area contributed by atoms with E-state index in [9.17, 15) is 13.6 Å². The van der Waals surface area contributed by atoms with Gasteiger partial charge in [-0.1, -0.05) is 23.2 Å². The van der Waals surface area contributed by atoms with Gasteiger partial charge >= 0.3 is 6.03 Å². The Balaban J connectivity index is 1.40. The molecule has 1 saturated heterocycles. The Kier molecular flexibility index (Phi) is 5.97. The van der Waals surface area contributed by atoms with Crippen LogP contribution < -0.4 is 15.5 Å². The number of imidazole rings is 1. The molecule has 2 N–H and O–H groups in total. The van der Waals surface area contributed by atoms with Crippen LogP contribution in [0.3, 0.4) is 0 Å². The fourth-order valence-corrected chi connectivity index (χ4v) is 4.67. The van der Waals surface area contributed by atoms with Crippen molar-refractivity contribution in [1.29, 1.82) is 0 Å². The number of halogens is 4. The maximum atomic E-state index is 14.5. The molecule has 0 bridgehead atoms. The molecule has 11 heteroatoms. The van der Waals surface area contributed by atoms with E-state index in [1.807, 2.05) is 4.90 Å². The van der Waals surface area contributed by atoms with Crippen LogP contribution in [0, 0.1) is 11.6 Å². The number of benzene rings is 2. The van der Waals surface area contributed by atoms with Crippen LogP contribution in [0.25, 0.3) is 5.65 Å². The van der Waals surface area contributed by atoms with Crippen molar-refractivity contribution in [2.24, 2.45) is 0 Å². The van der Waals surface area contributed by atoms with Crippen LogP contribution in [0.1, 0.15) is 24.4 Å². The minimum Gasteiger partial charge on any atom is -0.348 e. The highest BCUT2D eigenvalue weighted by molar-refractivity contribution is 6.35. The highest BCUT2D eigenvalue weighted by Crippen LogP contribution is 2.36. The SMILES string of the molecule is O=C(Nc1cc(Cl)cc(Cl)c1)Nc1cnc2ccc(N3CCC[C@@H]3c3cc(F)ccc3F)nn12. The Morgan fingerprint density at radius 2 is 1.82 bits per heavy atom. The molecule has 34 heavy (non-hydrogen) atoms. The summed E-state index contributed by atoms with van der Waals surface area (Å²) in [4.78, 5) is 18.7. The number of amides is 2. The average Bonchev–Trinajstić information content (AvgIpc) is 3.42. The number of aromatic nitrogens is 3. The van der Waals surface area contributed by atoms with Gasteiger partial charge in [0.2, 0.25) is 0 Å². The molecule has 2 amide bonds. The lowest BCUT2D eigenvalue weighted by molar-refractivity contribution is 0.262. The van der Waals surface area contributed by atoms with Gasteiger partial charge in [-0.15, -0.1) is 5.10 Å². The second-order valence-corrected chi connectivity index (χ2v) is 8.73. The van der Waals surface area contributed by atoms with Crippen molar-refractivity contribution < 1.29 is 13.6 Å². The first-order chi connectivity index (χ1) is 16.4. The summed E-state index contributed by atoms with van der Waals surface area (Å²) in [6.45, 7) is 0.632. The van der Waals surface area contributed by atoms with E-state index in [0.717, 1.165) is 18.6 Å². The van der Waals surface area contributed by atoms with E-state index in [4.69, 9.17) is 23.2 Å². The number of urea groups is 1. The smallest absolute Gasteiger partial charge is 0.324 e. The van der Waals surface area contributed by atoms with Gasteiger partial charge in [-0.3, -0.25) is 5.32 Å². The molecule has 1 fully saturated rings. The quantitative estimate of drug-likeness (QED) is 0.343. The Morgan fingerprint density at radius 3 is 2.62 bits per heavy atom. The summed E-state index contributed by atoms with van der Waals surface area (Å²) in [6, 6.07) is 10.8. The van der Waals surface area contributed by atoms with Crippen LogP contribution in [-0.2, 0) is 0 Å². The van der Waals surface area contributed by atoms with Crippen molar-refractivity contribution >= 4 is 52.2 Å². The lowest BCUT2D eigenvalue weighted by Gasteiger charge is -2.26. The third-order valence-electron chi connectivity index (χ3n) is 5.57. The number of rotatable bonds is 4. The predicted octanol–water partition coefficient (Wildman–Crippen LogP) is 6.30.